The van der Waals surface area contributed by atoms with Gasteiger partial charge in [-0.15, -0.1) is 11.3 Å². The van der Waals surface area contributed by atoms with Gasteiger partial charge >= 0.3 is 6.18 Å². The van der Waals surface area contributed by atoms with Crippen molar-refractivity contribution in [3.8, 4) is 11.3 Å². The Morgan fingerprint density at radius 3 is 2.70 bits per heavy atom. The van der Waals surface area contributed by atoms with Gasteiger partial charge < -0.3 is 15.2 Å². The van der Waals surface area contributed by atoms with Gasteiger partial charge in [-0.3, -0.25) is 9.69 Å². The molecule has 0 atom stereocenters. The van der Waals surface area contributed by atoms with E-state index in [4.69, 9.17) is 0 Å². The van der Waals surface area contributed by atoms with Gasteiger partial charge in [0.2, 0.25) is 11.9 Å². The van der Waals surface area contributed by atoms with Crippen molar-refractivity contribution in [1.29, 1.82) is 0 Å². The van der Waals surface area contributed by atoms with Crippen LogP contribution in [0.5, 0.6) is 0 Å². The number of fused-ring (bicyclic) bond motifs is 2. The second-order valence-corrected chi connectivity index (χ2v) is 10.6. The number of carbonyl (C=O) groups excluding carboxylic acids is 1. The number of thiophene rings is 1. The molecule has 1 saturated heterocycles. The van der Waals surface area contributed by atoms with Gasteiger partial charge in [0, 0.05) is 49.9 Å². The molecular formula is C27H25F3N8OS. The molecule has 0 aliphatic carbocycles. The van der Waals surface area contributed by atoms with Crippen molar-refractivity contribution in [2.24, 2.45) is 0 Å². The number of nitrogens with zero attached hydrogens (tertiary/aromatic N) is 6. The zero-order valence-corrected chi connectivity index (χ0v) is 22.3. The number of hydrogen-bond acceptors (Lipinski definition) is 8. The Hall–Kier alpha value is -4.10. The van der Waals surface area contributed by atoms with Gasteiger partial charge in [0.25, 0.3) is 0 Å². The lowest BCUT2D eigenvalue weighted by molar-refractivity contribution is -0.162. The number of benzene rings is 1. The molecule has 1 aliphatic heterocycles. The SMILES string of the molecule is Cc1nc(-c2ccc3nc(Nc4cc(CN5CCN(C(=O)CC(F)(F)F)CC5)ccn4)[nH]c3c2)c2ccsc2n1. The number of amides is 1. The van der Waals surface area contributed by atoms with Gasteiger partial charge in [-0.1, -0.05) is 6.07 Å². The van der Waals surface area contributed by atoms with Crippen LogP contribution in [0.25, 0.3) is 32.5 Å². The molecule has 1 amide bonds. The summed E-state index contributed by atoms with van der Waals surface area (Å²) in [5.41, 5.74) is 4.50. The molecule has 2 N–H and O–H groups in total. The number of hydrogen-bond donors (Lipinski definition) is 2. The van der Waals surface area contributed by atoms with Crippen LogP contribution in [0.2, 0.25) is 0 Å². The first-order valence-corrected chi connectivity index (χ1v) is 13.6. The molecule has 1 aliphatic rings. The lowest BCUT2D eigenvalue weighted by Crippen LogP contribution is -2.49. The van der Waals surface area contributed by atoms with E-state index in [2.05, 4.69) is 35.1 Å². The molecule has 1 fully saturated rings. The highest BCUT2D eigenvalue weighted by atomic mass is 32.1. The first-order chi connectivity index (χ1) is 19.2. The number of aromatic nitrogens is 5. The lowest BCUT2D eigenvalue weighted by Gasteiger charge is -2.35. The Bertz CT molecular complexity index is 1690. The number of aryl methyl sites for hydroxylation is 1. The van der Waals surface area contributed by atoms with E-state index in [1.807, 2.05) is 48.7 Å². The number of alkyl halides is 3. The van der Waals surface area contributed by atoms with Gasteiger partial charge in [-0.25, -0.2) is 19.9 Å². The number of halogens is 3. The molecule has 40 heavy (non-hydrogen) atoms. The van der Waals surface area contributed by atoms with Gasteiger partial charge in [0.15, 0.2) is 0 Å². The smallest absolute Gasteiger partial charge is 0.340 e. The third-order valence-corrected chi connectivity index (χ3v) is 7.55. The van der Waals surface area contributed by atoms with E-state index >= 15 is 0 Å². The van der Waals surface area contributed by atoms with Crippen molar-refractivity contribution >= 4 is 50.3 Å². The minimum Gasteiger partial charge on any atom is -0.340 e. The van der Waals surface area contributed by atoms with Crippen LogP contribution in [-0.2, 0) is 11.3 Å². The maximum absolute atomic E-state index is 12.5. The van der Waals surface area contributed by atoms with Crippen LogP contribution in [0.3, 0.4) is 0 Å². The summed E-state index contributed by atoms with van der Waals surface area (Å²) in [6, 6.07) is 11.8. The van der Waals surface area contributed by atoms with Crippen LogP contribution in [-0.4, -0.2) is 73.0 Å². The number of aromatic amines is 1. The van der Waals surface area contributed by atoms with Crippen LogP contribution in [0.4, 0.5) is 24.9 Å². The van der Waals surface area contributed by atoms with E-state index in [-0.39, 0.29) is 13.1 Å². The number of pyridine rings is 1. The second kappa shape index (κ2) is 10.5. The maximum Gasteiger partial charge on any atom is 0.397 e. The predicted molar refractivity (Wildman–Crippen MR) is 147 cm³/mol. The zero-order chi connectivity index (χ0) is 27.9. The molecule has 9 nitrogen and oxygen atoms in total. The predicted octanol–water partition coefficient (Wildman–Crippen LogP) is 5.28. The molecule has 206 valence electrons. The van der Waals surface area contributed by atoms with E-state index in [1.165, 1.54) is 4.90 Å². The van der Waals surface area contributed by atoms with Crippen LogP contribution < -0.4 is 5.32 Å². The van der Waals surface area contributed by atoms with Crippen molar-refractivity contribution in [3.63, 3.8) is 0 Å². The van der Waals surface area contributed by atoms with Crippen molar-refractivity contribution in [2.45, 2.75) is 26.1 Å². The topological polar surface area (TPSA) is 103 Å². The minimum absolute atomic E-state index is 0.276. The first-order valence-electron chi connectivity index (χ1n) is 12.7. The summed E-state index contributed by atoms with van der Waals surface area (Å²) in [5.74, 6) is 1.02. The summed E-state index contributed by atoms with van der Waals surface area (Å²) in [5, 5.41) is 6.26. The minimum atomic E-state index is -4.48. The fraction of sp³-hybridized carbons (Fsp3) is 0.296. The summed E-state index contributed by atoms with van der Waals surface area (Å²) >= 11 is 1.59. The van der Waals surface area contributed by atoms with E-state index < -0.39 is 18.5 Å². The highest BCUT2D eigenvalue weighted by Gasteiger charge is 2.34. The van der Waals surface area contributed by atoms with E-state index in [9.17, 15) is 18.0 Å². The molecule has 5 aromatic rings. The zero-order valence-electron chi connectivity index (χ0n) is 21.5. The molecule has 13 heteroatoms. The Labute approximate surface area is 231 Å². The Morgan fingerprint density at radius 1 is 1.07 bits per heavy atom. The van der Waals surface area contributed by atoms with Crippen molar-refractivity contribution in [3.05, 3.63) is 59.4 Å². The van der Waals surface area contributed by atoms with E-state index in [1.54, 1.807) is 17.5 Å². The standard InChI is InChI=1S/C27H25F3N8OS/c1-16-32-24(19-5-11-40-25(19)33-16)18-2-3-20-21(13-18)35-26(34-20)36-22-12-17(4-6-31-22)15-37-7-9-38(10-8-37)23(39)14-27(28,29)30/h2-6,11-13H,7-10,14-15H2,1H3,(H2,31,34,35,36). The molecule has 0 bridgehead atoms. The van der Waals surface area contributed by atoms with Crippen LogP contribution in [0.1, 0.15) is 17.8 Å². The Balaban J connectivity index is 1.12. The molecule has 0 saturated carbocycles. The molecule has 5 heterocycles. The number of carbonyl (C=O) groups is 1. The molecule has 0 spiro atoms. The van der Waals surface area contributed by atoms with Gasteiger partial charge in [-0.05, 0) is 48.2 Å². The Kier molecular flexibility index (Phi) is 6.84. The normalized spacial score (nSPS) is 14.8. The third-order valence-electron chi connectivity index (χ3n) is 6.75. The van der Waals surface area contributed by atoms with E-state index in [0.717, 1.165) is 43.9 Å². The first kappa shape index (κ1) is 26.1. The van der Waals surface area contributed by atoms with Gasteiger partial charge in [0.1, 0.15) is 22.9 Å². The fourth-order valence-electron chi connectivity index (χ4n) is 4.86. The average molecular weight is 567 g/mol. The van der Waals surface area contributed by atoms with Crippen molar-refractivity contribution in [1.82, 2.24) is 34.7 Å². The summed E-state index contributed by atoms with van der Waals surface area (Å²) in [4.78, 5) is 37.8. The van der Waals surface area contributed by atoms with Crippen LogP contribution in [0, 0.1) is 6.92 Å². The lowest BCUT2D eigenvalue weighted by atomic mass is 10.1. The number of H-pyrrole nitrogens is 1. The molecule has 0 unspecified atom stereocenters. The molecular weight excluding hydrogens is 541 g/mol. The maximum atomic E-state index is 12.5. The summed E-state index contributed by atoms with van der Waals surface area (Å²) in [7, 11) is 0. The summed E-state index contributed by atoms with van der Waals surface area (Å²) in [6.45, 7) is 4.04. The second-order valence-electron chi connectivity index (χ2n) is 9.70. The van der Waals surface area contributed by atoms with Crippen LogP contribution >= 0.6 is 11.3 Å². The number of rotatable bonds is 6. The number of nitrogens with one attached hydrogen (secondary N) is 2. The summed E-state index contributed by atoms with van der Waals surface area (Å²) < 4.78 is 37.6. The molecule has 0 radical (unpaired) electrons. The largest absolute Gasteiger partial charge is 0.397 e. The van der Waals surface area contributed by atoms with Crippen molar-refractivity contribution in [2.75, 3.05) is 31.5 Å². The number of piperazine rings is 1. The van der Waals surface area contributed by atoms with E-state index in [0.29, 0.717) is 31.4 Å². The monoisotopic (exact) mass is 566 g/mol. The van der Waals surface area contributed by atoms with Crippen molar-refractivity contribution < 1.29 is 18.0 Å². The van der Waals surface area contributed by atoms with Gasteiger partial charge in [0.05, 0.1) is 16.7 Å². The molecule has 1 aromatic carbocycles. The fourth-order valence-corrected chi connectivity index (χ4v) is 5.67. The highest BCUT2D eigenvalue weighted by molar-refractivity contribution is 7.16. The molecule has 6 rings (SSSR count). The number of imidazole rings is 1. The highest BCUT2D eigenvalue weighted by Crippen LogP contribution is 2.31. The van der Waals surface area contributed by atoms with Gasteiger partial charge in [-0.2, -0.15) is 13.2 Å². The number of anilines is 2. The quantitative estimate of drug-likeness (QED) is 0.288. The third kappa shape index (κ3) is 5.75. The Morgan fingerprint density at radius 2 is 1.90 bits per heavy atom. The average Bonchev–Trinajstić information content (AvgIpc) is 3.53. The van der Waals surface area contributed by atoms with Crippen LogP contribution in [0.15, 0.2) is 48.0 Å². The molecule has 4 aromatic heterocycles. The summed E-state index contributed by atoms with van der Waals surface area (Å²) in [6.07, 6.45) is -4.19.